The molecule has 0 saturated heterocycles. The first-order chi connectivity index (χ1) is 14.8. The molecular weight excluding hydrogens is 444 g/mol. The highest BCUT2D eigenvalue weighted by Gasteiger charge is 2.40. The molecule has 0 aliphatic rings. The maximum atomic E-state index is 13.0. The van der Waals surface area contributed by atoms with Crippen LogP contribution in [-0.4, -0.2) is 16.6 Å². The van der Waals surface area contributed by atoms with Crippen molar-refractivity contribution in [3.8, 4) is 11.5 Å². The summed E-state index contributed by atoms with van der Waals surface area (Å²) in [4.78, 5) is 13.0. The molecule has 0 bridgehead atoms. The zero-order valence-electron chi connectivity index (χ0n) is 22.4. The second-order valence-corrected chi connectivity index (χ2v) is 21.8. The fraction of sp³-hybridized carbons (Fsp3) is 0.519. The predicted molar refractivity (Wildman–Crippen MR) is 145 cm³/mol. The van der Waals surface area contributed by atoms with Crippen LogP contribution in [0.15, 0.2) is 33.5 Å². The Morgan fingerprint density at radius 1 is 0.667 bits per heavy atom. The van der Waals surface area contributed by atoms with E-state index in [1.807, 2.05) is 19.1 Å². The van der Waals surface area contributed by atoms with Gasteiger partial charge in [-0.1, -0.05) is 41.5 Å². The number of fused-ring (bicyclic) bond motifs is 3. The highest BCUT2D eigenvalue weighted by molar-refractivity contribution is 6.75. The summed E-state index contributed by atoms with van der Waals surface area (Å²) in [5.74, 6) is 1.57. The number of hydrogen-bond acceptors (Lipinski definition) is 4. The second kappa shape index (κ2) is 8.02. The second-order valence-electron chi connectivity index (χ2n) is 12.4. The van der Waals surface area contributed by atoms with Crippen molar-refractivity contribution in [2.75, 3.05) is 0 Å². The largest absolute Gasteiger partial charge is 0.543 e. The average Bonchev–Trinajstić information content (AvgIpc) is 2.62. The molecule has 0 aliphatic carbocycles. The minimum atomic E-state index is -2.04. The summed E-state index contributed by atoms with van der Waals surface area (Å²) >= 11 is 0. The number of rotatable bonds is 4. The molecular formula is C27H40O4Si2. The van der Waals surface area contributed by atoms with E-state index in [0.29, 0.717) is 11.0 Å². The lowest BCUT2D eigenvalue weighted by atomic mass is 10.0. The maximum Gasteiger partial charge on any atom is 0.344 e. The lowest BCUT2D eigenvalue weighted by Crippen LogP contribution is -2.44. The quantitative estimate of drug-likeness (QED) is 0.212. The molecule has 0 aliphatic heterocycles. The van der Waals surface area contributed by atoms with Crippen LogP contribution < -0.4 is 14.5 Å². The third kappa shape index (κ3) is 4.78. The molecule has 3 aromatic rings. The van der Waals surface area contributed by atoms with Crippen LogP contribution in [-0.2, 0) is 0 Å². The topological polar surface area (TPSA) is 48.7 Å². The van der Waals surface area contributed by atoms with Gasteiger partial charge in [-0.2, -0.15) is 0 Å². The summed E-state index contributed by atoms with van der Waals surface area (Å²) in [6.45, 7) is 26.3. The van der Waals surface area contributed by atoms with Gasteiger partial charge in [0.25, 0.3) is 0 Å². The van der Waals surface area contributed by atoms with Crippen molar-refractivity contribution < 1.29 is 13.3 Å². The SMILES string of the molecule is Cc1cc2c(cc1O[Si](C)(C)C(C)(C)C)oc(=O)c1cc(O[Si](C)(C)C(C)(C)C)c(C)cc12. The predicted octanol–water partition coefficient (Wildman–Crippen LogP) is 8.33. The van der Waals surface area contributed by atoms with Gasteiger partial charge in [-0.05, 0) is 79.4 Å². The van der Waals surface area contributed by atoms with E-state index < -0.39 is 16.6 Å². The van der Waals surface area contributed by atoms with Crippen LogP contribution in [0.25, 0.3) is 21.7 Å². The highest BCUT2D eigenvalue weighted by atomic mass is 28.4. The van der Waals surface area contributed by atoms with E-state index >= 15 is 0 Å². The third-order valence-electron chi connectivity index (χ3n) is 7.65. The van der Waals surface area contributed by atoms with Gasteiger partial charge in [0, 0.05) is 16.8 Å². The van der Waals surface area contributed by atoms with E-state index in [-0.39, 0.29) is 15.7 Å². The van der Waals surface area contributed by atoms with Crippen LogP contribution >= 0.6 is 0 Å². The van der Waals surface area contributed by atoms with Gasteiger partial charge in [0.1, 0.15) is 17.1 Å². The van der Waals surface area contributed by atoms with E-state index in [2.05, 4.69) is 86.8 Å². The first-order valence-corrected chi connectivity index (χ1v) is 17.6. The first kappa shape index (κ1) is 25.6. The molecule has 0 N–H and O–H groups in total. The molecule has 2 aromatic carbocycles. The molecule has 180 valence electrons. The molecule has 3 rings (SSSR count). The van der Waals surface area contributed by atoms with Gasteiger partial charge in [-0.15, -0.1) is 0 Å². The first-order valence-electron chi connectivity index (χ1n) is 11.7. The molecule has 6 heteroatoms. The Hall–Kier alpha value is -2.06. The van der Waals surface area contributed by atoms with Crippen molar-refractivity contribution in [3.05, 3.63) is 45.8 Å². The van der Waals surface area contributed by atoms with Gasteiger partial charge < -0.3 is 13.3 Å². The normalized spacial score (nSPS) is 13.6. The number of hydrogen-bond donors (Lipinski definition) is 0. The van der Waals surface area contributed by atoms with Crippen molar-refractivity contribution in [2.45, 2.75) is 91.7 Å². The van der Waals surface area contributed by atoms with Gasteiger partial charge in [-0.3, -0.25) is 0 Å². The third-order valence-corrected chi connectivity index (χ3v) is 16.3. The smallest absolute Gasteiger partial charge is 0.344 e. The Kier molecular flexibility index (Phi) is 6.21. The molecule has 0 spiro atoms. The highest BCUT2D eigenvalue weighted by Crippen LogP contribution is 2.41. The molecule has 0 fully saturated rings. The molecule has 0 unspecified atom stereocenters. The summed E-state index contributed by atoms with van der Waals surface area (Å²) in [5, 5.41) is 2.52. The van der Waals surface area contributed by atoms with Crippen LogP contribution in [0.2, 0.25) is 36.3 Å². The summed E-state index contributed by atoms with van der Waals surface area (Å²) in [6, 6.07) is 7.90. The zero-order valence-corrected chi connectivity index (χ0v) is 24.4. The van der Waals surface area contributed by atoms with Crippen LogP contribution in [0, 0.1) is 13.8 Å². The maximum absolute atomic E-state index is 13.0. The fourth-order valence-electron chi connectivity index (χ4n) is 3.27. The number of benzene rings is 2. The van der Waals surface area contributed by atoms with E-state index in [4.69, 9.17) is 13.3 Å². The van der Waals surface area contributed by atoms with Crippen molar-refractivity contribution in [1.82, 2.24) is 0 Å². The van der Waals surface area contributed by atoms with Gasteiger partial charge in [0.05, 0.1) is 5.39 Å². The van der Waals surface area contributed by atoms with E-state index in [0.717, 1.165) is 33.4 Å². The molecule has 0 radical (unpaired) electrons. The van der Waals surface area contributed by atoms with Gasteiger partial charge in [-0.25, -0.2) is 4.79 Å². The lowest BCUT2D eigenvalue weighted by molar-refractivity contribution is 0.487. The summed E-state index contributed by atoms with van der Waals surface area (Å²) < 4.78 is 18.9. The molecule has 0 amide bonds. The number of aryl methyl sites for hydroxylation is 2. The van der Waals surface area contributed by atoms with E-state index in [9.17, 15) is 4.79 Å². The molecule has 0 atom stereocenters. The minimum absolute atomic E-state index is 0.0696. The Balaban J connectivity index is 2.17. The fourth-order valence-corrected chi connectivity index (χ4v) is 5.43. The summed E-state index contributed by atoms with van der Waals surface area (Å²) in [7, 11) is -4.05. The van der Waals surface area contributed by atoms with Crippen LogP contribution in [0.3, 0.4) is 0 Å². The molecule has 4 nitrogen and oxygen atoms in total. The van der Waals surface area contributed by atoms with Crippen LogP contribution in [0.1, 0.15) is 52.7 Å². The van der Waals surface area contributed by atoms with Crippen molar-refractivity contribution in [1.29, 1.82) is 0 Å². The lowest BCUT2D eigenvalue weighted by Gasteiger charge is -2.37. The van der Waals surface area contributed by atoms with Crippen molar-refractivity contribution in [2.24, 2.45) is 0 Å². The average molecular weight is 485 g/mol. The van der Waals surface area contributed by atoms with E-state index in [1.54, 1.807) is 0 Å². The van der Waals surface area contributed by atoms with Crippen LogP contribution in [0.4, 0.5) is 0 Å². The van der Waals surface area contributed by atoms with Gasteiger partial charge >= 0.3 is 5.63 Å². The standard InChI is InChI=1S/C27H40O4Si2/c1-17-13-19-20-14-18(2)23(31-33(11,12)27(6,7)8)16-24(20)29-25(28)21(19)15-22(17)30-32(9,10)26(3,4)5/h13-16H,1-12H3. The van der Waals surface area contributed by atoms with E-state index in [1.165, 1.54) is 0 Å². The van der Waals surface area contributed by atoms with Crippen molar-refractivity contribution >= 4 is 38.4 Å². The monoisotopic (exact) mass is 484 g/mol. The molecule has 0 saturated carbocycles. The molecule has 33 heavy (non-hydrogen) atoms. The molecule has 1 heterocycles. The molecule has 1 aromatic heterocycles. The minimum Gasteiger partial charge on any atom is -0.543 e. The van der Waals surface area contributed by atoms with Gasteiger partial charge in [0.15, 0.2) is 0 Å². The Labute approximate surface area is 200 Å². The van der Waals surface area contributed by atoms with Crippen LogP contribution in [0.5, 0.6) is 11.5 Å². The van der Waals surface area contributed by atoms with Crippen molar-refractivity contribution in [3.63, 3.8) is 0 Å². The Bertz CT molecular complexity index is 1270. The summed E-state index contributed by atoms with van der Waals surface area (Å²) in [5.41, 5.74) is 2.28. The zero-order chi connectivity index (χ0) is 25.1. The van der Waals surface area contributed by atoms with Gasteiger partial charge in [0.2, 0.25) is 16.6 Å². The summed E-state index contributed by atoms with van der Waals surface area (Å²) in [6.07, 6.45) is 0. The Morgan fingerprint density at radius 3 is 1.55 bits per heavy atom. The Morgan fingerprint density at radius 2 is 1.09 bits per heavy atom.